The van der Waals surface area contributed by atoms with Crippen LogP contribution in [0, 0.1) is 25.2 Å². The minimum atomic E-state index is -0.315. The fourth-order valence-electron chi connectivity index (χ4n) is 3.07. The number of aromatic nitrogens is 2. The Hall–Kier alpha value is -3.11. The summed E-state index contributed by atoms with van der Waals surface area (Å²) in [7, 11) is 0. The van der Waals surface area contributed by atoms with Crippen LogP contribution in [0.4, 0.5) is 5.13 Å². The molecule has 1 N–H and O–H groups in total. The molecule has 0 fully saturated rings. The molecule has 0 aliphatic rings. The van der Waals surface area contributed by atoms with Gasteiger partial charge in [-0.3, -0.25) is 10.1 Å². The third-order valence-corrected chi connectivity index (χ3v) is 5.17. The number of hydrogen-bond acceptors (Lipinski definition) is 5. The number of thiazole rings is 1. The Morgan fingerprint density at radius 3 is 2.89 bits per heavy atom. The fourth-order valence-corrected chi connectivity index (χ4v) is 3.79. The Morgan fingerprint density at radius 2 is 2.14 bits per heavy atom. The molecule has 7 heteroatoms. The van der Waals surface area contributed by atoms with Crippen molar-refractivity contribution in [3.8, 4) is 23.1 Å². The van der Waals surface area contributed by atoms with E-state index in [4.69, 9.17) is 10.00 Å². The van der Waals surface area contributed by atoms with Crippen molar-refractivity contribution >= 4 is 22.4 Å². The number of aryl methyl sites for hydroxylation is 1. The SMILES string of the molecule is CCCn1c(C)cc(-c2csc(NC(=O)COc3ccccc3C#N)n2)c1C. The van der Waals surface area contributed by atoms with Gasteiger partial charge in [-0.2, -0.15) is 5.26 Å². The molecule has 2 aromatic heterocycles. The second kappa shape index (κ2) is 8.72. The number of nitrogens with one attached hydrogen (secondary N) is 1. The number of nitrogens with zero attached hydrogens (tertiary/aromatic N) is 3. The maximum absolute atomic E-state index is 12.2. The lowest BCUT2D eigenvalue weighted by molar-refractivity contribution is -0.118. The summed E-state index contributed by atoms with van der Waals surface area (Å²) in [6.45, 7) is 7.14. The van der Waals surface area contributed by atoms with E-state index in [9.17, 15) is 4.79 Å². The van der Waals surface area contributed by atoms with Gasteiger partial charge in [0, 0.05) is 28.9 Å². The van der Waals surface area contributed by atoms with E-state index >= 15 is 0 Å². The van der Waals surface area contributed by atoms with Gasteiger partial charge >= 0.3 is 0 Å². The smallest absolute Gasteiger partial charge is 0.264 e. The van der Waals surface area contributed by atoms with E-state index < -0.39 is 0 Å². The molecule has 1 amide bonds. The van der Waals surface area contributed by atoms with Crippen molar-refractivity contribution in [3.63, 3.8) is 0 Å². The van der Waals surface area contributed by atoms with E-state index in [1.54, 1.807) is 24.3 Å². The Kier molecular flexibility index (Phi) is 6.12. The molecule has 3 aromatic rings. The molecule has 0 aliphatic heterocycles. The van der Waals surface area contributed by atoms with Gasteiger partial charge in [0.1, 0.15) is 11.8 Å². The number of benzene rings is 1. The first-order valence-electron chi connectivity index (χ1n) is 9.08. The van der Waals surface area contributed by atoms with Crippen molar-refractivity contribution in [1.29, 1.82) is 5.26 Å². The van der Waals surface area contributed by atoms with Gasteiger partial charge in [0.05, 0.1) is 11.3 Å². The molecule has 144 valence electrons. The van der Waals surface area contributed by atoms with E-state index in [2.05, 4.69) is 41.7 Å². The lowest BCUT2D eigenvalue weighted by atomic mass is 10.2. The molecule has 0 spiro atoms. The number of anilines is 1. The molecule has 0 unspecified atom stereocenters. The van der Waals surface area contributed by atoms with Crippen molar-refractivity contribution < 1.29 is 9.53 Å². The van der Waals surface area contributed by atoms with Gasteiger partial charge in [0.2, 0.25) is 0 Å². The normalized spacial score (nSPS) is 10.5. The molecule has 0 saturated carbocycles. The van der Waals surface area contributed by atoms with Crippen LogP contribution in [0.15, 0.2) is 35.7 Å². The molecule has 0 bridgehead atoms. The first-order chi connectivity index (χ1) is 13.5. The summed E-state index contributed by atoms with van der Waals surface area (Å²) in [4.78, 5) is 16.7. The standard InChI is InChI=1S/C21H22N4O2S/c1-4-9-25-14(2)10-17(15(25)3)18-13-28-21(23-18)24-20(26)12-27-19-8-6-5-7-16(19)11-22/h5-8,10,13H,4,9,12H2,1-3H3,(H,23,24,26). The molecule has 0 aliphatic carbocycles. The van der Waals surface area contributed by atoms with Crippen LogP contribution in [0.5, 0.6) is 5.75 Å². The Balaban J connectivity index is 1.66. The van der Waals surface area contributed by atoms with Crippen LogP contribution in [0.1, 0.15) is 30.3 Å². The van der Waals surface area contributed by atoms with Crippen molar-refractivity contribution in [2.24, 2.45) is 0 Å². The maximum atomic E-state index is 12.2. The summed E-state index contributed by atoms with van der Waals surface area (Å²) in [5, 5.41) is 14.3. The number of hydrogen-bond donors (Lipinski definition) is 1. The van der Waals surface area contributed by atoms with E-state index in [-0.39, 0.29) is 12.5 Å². The maximum Gasteiger partial charge on any atom is 0.264 e. The first-order valence-corrected chi connectivity index (χ1v) is 9.95. The highest BCUT2D eigenvalue weighted by atomic mass is 32.1. The van der Waals surface area contributed by atoms with Crippen LogP contribution in [0.25, 0.3) is 11.3 Å². The Labute approximate surface area is 168 Å². The molecule has 0 saturated heterocycles. The highest BCUT2D eigenvalue weighted by molar-refractivity contribution is 7.14. The quantitative estimate of drug-likeness (QED) is 0.638. The molecule has 1 aromatic carbocycles. The van der Waals surface area contributed by atoms with Gasteiger partial charge < -0.3 is 9.30 Å². The van der Waals surface area contributed by atoms with Crippen LogP contribution in [0.3, 0.4) is 0 Å². The molecule has 0 atom stereocenters. The van der Waals surface area contributed by atoms with Crippen molar-refractivity contribution in [2.45, 2.75) is 33.7 Å². The zero-order chi connectivity index (χ0) is 20.1. The van der Waals surface area contributed by atoms with Crippen LogP contribution >= 0.6 is 11.3 Å². The van der Waals surface area contributed by atoms with Crippen molar-refractivity contribution in [1.82, 2.24) is 9.55 Å². The molecule has 2 heterocycles. The number of rotatable bonds is 7. The number of carbonyl (C=O) groups excluding carboxylic acids is 1. The van der Waals surface area contributed by atoms with Crippen LogP contribution < -0.4 is 10.1 Å². The zero-order valence-corrected chi connectivity index (χ0v) is 17.0. The zero-order valence-electron chi connectivity index (χ0n) is 16.2. The summed E-state index contributed by atoms with van der Waals surface area (Å²) >= 11 is 1.38. The van der Waals surface area contributed by atoms with E-state index in [1.165, 1.54) is 22.7 Å². The lowest BCUT2D eigenvalue weighted by Crippen LogP contribution is -2.20. The summed E-state index contributed by atoms with van der Waals surface area (Å²) < 4.78 is 7.74. The number of carbonyl (C=O) groups is 1. The van der Waals surface area contributed by atoms with Crippen LogP contribution in [0.2, 0.25) is 0 Å². The topological polar surface area (TPSA) is 79.9 Å². The van der Waals surface area contributed by atoms with Gasteiger partial charge in [-0.05, 0) is 38.5 Å². The minimum absolute atomic E-state index is 0.182. The number of nitriles is 1. The monoisotopic (exact) mass is 394 g/mol. The summed E-state index contributed by atoms with van der Waals surface area (Å²) in [5.74, 6) is 0.0773. The van der Waals surface area contributed by atoms with E-state index in [1.807, 2.05) is 11.4 Å². The Morgan fingerprint density at radius 1 is 1.36 bits per heavy atom. The van der Waals surface area contributed by atoms with Crippen molar-refractivity contribution in [3.05, 3.63) is 52.7 Å². The average Bonchev–Trinajstić information content (AvgIpc) is 3.26. The highest BCUT2D eigenvalue weighted by Gasteiger charge is 2.14. The van der Waals surface area contributed by atoms with E-state index in [0.717, 1.165) is 24.2 Å². The molecule has 6 nitrogen and oxygen atoms in total. The largest absolute Gasteiger partial charge is 0.482 e. The molecular weight excluding hydrogens is 372 g/mol. The van der Waals surface area contributed by atoms with Gasteiger partial charge in [0.15, 0.2) is 11.7 Å². The highest BCUT2D eigenvalue weighted by Crippen LogP contribution is 2.30. The first kappa shape index (κ1) is 19.6. The summed E-state index contributed by atoms with van der Waals surface area (Å²) in [6, 6.07) is 11.0. The number of amides is 1. The summed E-state index contributed by atoms with van der Waals surface area (Å²) in [5.41, 5.74) is 4.72. The molecule has 28 heavy (non-hydrogen) atoms. The second-order valence-corrected chi connectivity index (χ2v) is 7.28. The van der Waals surface area contributed by atoms with Crippen molar-refractivity contribution in [2.75, 3.05) is 11.9 Å². The molecular formula is C21H22N4O2S. The van der Waals surface area contributed by atoms with Gasteiger partial charge in [-0.15, -0.1) is 11.3 Å². The molecule has 0 radical (unpaired) electrons. The third-order valence-electron chi connectivity index (χ3n) is 4.41. The number of para-hydroxylation sites is 1. The van der Waals surface area contributed by atoms with Gasteiger partial charge in [0.25, 0.3) is 5.91 Å². The van der Waals surface area contributed by atoms with Crippen LogP contribution in [-0.2, 0) is 11.3 Å². The number of ether oxygens (including phenoxy) is 1. The second-order valence-electron chi connectivity index (χ2n) is 6.42. The Bertz CT molecular complexity index is 1030. The summed E-state index contributed by atoms with van der Waals surface area (Å²) in [6.07, 6.45) is 1.07. The lowest BCUT2D eigenvalue weighted by Gasteiger charge is -2.07. The minimum Gasteiger partial charge on any atom is -0.482 e. The third kappa shape index (κ3) is 4.24. The van der Waals surface area contributed by atoms with Crippen LogP contribution in [-0.4, -0.2) is 22.1 Å². The van der Waals surface area contributed by atoms with Gasteiger partial charge in [-0.25, -0.2) is 4.98 Å². The average molecular weight is 395 g/mol. The van der Waals surface area contributed by atoms with E-state index in [0.29, 0.717) is 16.4 Å². The predicted octanol–water partition coefficient (Wildman–Crippen LogP) is 4.53. The van der Waals surface area contributed by atoms with Gasteiger partial charge in [-0.1, -0.05) is 19.1 Å². The fraction of sp³-hybridized carbons (Fsp3) is 0.286. The molecule has 3 rings (SSSR count). The predicted molar refractivity (Wildman–Crippen MR) is 111 cm³/mol.